The molecule has 5 rings (SSSR count). The Kier molecular flexibility index (Phi) is 7.51. The third-order valence-corrected chi connectivity index (χ3v) is 9.13. The number of likely N-dealkylation sites (N-methyl/N-ethyl adjacent to an activating group) is 1. The van der Waals surface area contributed by atoms with Gasteiger partial charge in [0.25, 0.3) is 5.91 Å². The zero-order valence-corrected chi connectivity index (χ0v) is 21.1. The molecule has 2 N–H and O–H groups in total. The topological polar surface area (TPSA) is 64.7 Å². The van der Waals surface area contributed by atoms with Crippen molar-refractivity contribution < 1.29 is 14.0 Å². The molecule has 35 heavy (non-hydrogen) atoms. The van der Waals surface area contributed by atoms with Gasteiger partial charge in [-0.2, -0.15) is 0 Å². The van der Waals surface area contributed by atoms with Crippen LogP contribution in [0.4, 0.5) is 4.39 Å². The van der Waals surface area contributed by atoms with Crippen molar-refractivity contribution in [2.75, 3.05) is 20.1 Å². The number of carbonyl (C=O) groups excluding carboxylic acids is 2. The molecule has 0 bridgehead atoms. The summed E-state index contributed by atoms with van der Waals surface area (Å²) in [5.41, 5.74) is 7.27. The highest BCUT2D eigenvalue weighted by atomic mass is 32.1. The van der Waals surface area contributed by atoms with Crippen molar-refractivity contribution in [3.63, 3.8) is 0 Å². The molecule has 6 nitrogen and oxygen atoms in total. The smallest absolute Gasteiger partial charge is 0.263 e. The van der Waals surface area contributed by atoms with Gasteiger partial charge in [0.1, 0.15) is 11.9 Å². The Morgan fingerprint density at radius 2 is 1.86 bits per heavy atom. The van der Waals surface area contributed by atoms with Crippen LogP contribution in [0.3, 0.4) is 0 Å². The molecule has 8 heteroatoms. The Bertz CT molecular complexity index is 1020. The number of nitrogens with one attached hydrogen (secondary N) is 2. The molecule has 3 fully saturated rings. The van der Waals surface area contributed by atoms with E-state index in [2.05, 4.69) is 10.9 Å². The Morgan fingerprint density at radius 1 is 1.09 bits per heavy atom. The third kappa shape index (κ3) is 5.15. The van der Waals surface area contributed by atoms with Crippen molar-refractivity contribution >= 4 is 23.2 Å². The molecule has 3 heterocycles. The van der Waals surface area contributed by atoms with Crippen LogP contribution in [0.1, 0.15) is 53.8 Å². The maximum atomic E-state index is 14.6. The Balaban J connectivity index is 1.27. The number of piperidine rings is 1. The van der Waals surface area contributed by atoms with Crippen LogP contribution < -0.4 is 10.9 Å². The Morgan fingerprint density at radius 3 is 2.60 bits per heavy atom. The lowest BCUT2D eigenvalue weighted by atomic mass is 9.80. The van der Waals surface area contributed by atoms with Gasteiger partial charge in [0.05, 0.1) is 4.88 Å². The van der Waals surface area contributed by atoms with E-state index >= 15 is 0 Å². The van der Waals surface area contributed by atoms with Crippen LogP contribution in [0.15, 0.2) is 41.8 Å². The van der Waals surface area contributed by atoms with Gasteiger partial charge < -0.3 is 9.80 Å². The molecule has 2 saturated heterocycles. The number of hydrogen-bond acceptors (Lipinski definition) is 5. The van der Waals surface area contributed by atoms with Gasteiger partial charge in [0.2, 0.25) is 5.91 Å². The zero-order valence-electron chi connectivity index (χ0n) is 20.3. The van der Waals surface area contributed by atoms with Crippen LogP contribution in [-0.4, -0.2) is 59.9 Å². The maximum absolute atomic E-state index is 14.6. The molecule has 0 radical (unpaired) electrons. The molecular formula is C27H35FN4O2S. The summed E-state index contributed by atoms with van der Waals surface area (Å²) in [5, 5.41) is 1.90. The first-order valence-electron chi connectivity index (χ1n) is 12.9. The first-order valence-corrected chi connectivity index (χ1v) is 13.7. The molecule has 3 aliphatic rings. The number of rotatable bonds is 6. The lowest BCUT2D eigenvalue weighted by Gasteiger charge is -2.41. The molecule has 4 atom stereocenters. The van der Waals surface area contributed by atoms with Crippen molar-refractivity contribution in [3.8, 4) is 0 Å². The van der Waals surface area contributed by atoms with Crippen LogP contribution in [0.2, 0.25) is 0 Å². The molecular weight excluding hydrogens is 463 g/mol. The Hall–Kier alpha value is -2.29. The van der Waals surface area contributed by atoms with Crippen molar-refractivity contribution in [2.45, 2.75) is 63.1 Å². The lowest BCUT2D eigenvalue weighted by molar-refractivity contribution is -0.136. The van der Waals surface area contributed by atoms with E-state index in [-0.39, 0.29) is 35.6 Å². The normalized spacial score (nSPS) is 25.8. The molecule has 2 aromatic rings. The number of hydrogen-bond donors (Lipinski definition) is 2. The second-order valence-electron chi connectivity index (χ2n) is 10.2. The Labute approximate surface area is 210 Å². The van der Waals surface area contributed by atoms with Gasteiger partial charge in [-0.15, -0.1) is 11.3 Å². The summed E-state index contributed by atoms with van der Waals surface area (Å²) in [4.78, 5) is 31.1. The summed E-state index contributed by atoms with van der Waals surface area (Å²) in [6.45, 7) is 1.35. The molecule has 2 amide bonds. The highest BCUT2D eigenvalue weighted by Crippen LogP contribution is 2.33. The summed E-state index contributed by atoms with van der Waals surface area (Å²) in [7, 11) is 1.84. The number of thiophene rings is 1. The van der Waals surface area contributed by atoms with Crippen molar-refractivity contribution in [3.05, 3.63) is 58.0 Å². The predicted molar refractivity (Wildman–Crippen MR) is 135 cm³/mol. The third-order valence-electron chi connectivity index (χ3n) is 8.27. The summed E-state index contributed by atoms with van der Waals surface area (Å²) in [6.07, 6.45) is 6.73. The van der Waals surface area contributed by atoms with Crippen molar-refractivity contribution in [2.24, 2.45) is 11.8 Å². The maximum Gasteiger partial charge on any atom is 0.263 e. The van der Waals surface area contributed by atoms with Gasteiger partial charge in [-0.25, -0.2) is 9.82 Å². The van der Waals surface area contributed by atoms with Crippen LogP contribution in [0, 0.1) is 17.7 Å². The summed E-state index contributed by atoms with van der Waals surface area (Å²) in [5.74, 6) is 0.509. The van der Waals surface area contributed by atoms with Crippen molar-refractivity contribution in [1.29, 1.82) is 0 Å². The van der Waals surface area contributed by atoms with E-state index in [1.165, 1.54) is 30.2 Å². The molecule has 1 aromatic carbocycles. The van der Waals surface area contributed by atoms with Gasteiger partial charge in [0.15, 0.2) is 0 Å². The molecule has 1 aliphatic carbocycles. The monoisotopic (exact) mass is 498 g/mol. The minimum Gasteiger partial charge on any atom is -0.341 e. The van der Waals surface area contributed by atoms with Gasteiger partial charge in [-0.05, 0) is 61.1 Å². The molecule has 188 valence electrons. The fourth-order valence-corrected chi connectivity index (χ4v) is 6.93. The highest BCUT2D eigenvalue weighted by molar-refractivity contribution is 7.12. The lowest BCUT2D eigenvalue weighted by Crippen LogP contribution is -2.53. The fraction of sp³-hybridized carbons (Fsp3) is 0.556. The molecule has 1 saturated carbocycles. The van der Waals surface area contributed by atoms with E-state index in [4.69, 9.17) is 0 Å². The van der Waals surface area contributed by atoms with E-state index in [9.17, 15) is 14.0 Å². The number of benzene rings is 1. The highest BCUT2D eigenvalue weighted by Gasteiger charge is 2.43. The second kappa shape index (κ2) is 10.8. The number of halogens is 1. The number of amides is 2. The van der Waals surface area contributed by atoms with Gasteiger partial charge in [-0.1, -0.05) is 37.1 Å². The largest absolute Gasteiger partial charge is 0.341 e. The number of carbonyl (C=O) groups is 2. The average molecular weight is 499 g/mol. The molecule has 0 spiro atoms. The molecule has 2 aliphatic heterocycles. The molecule has 4 unspecified atom stereocenters. The van der Waals surface area contributed by atoms with E-state index in [0.717, 1.165) is 25.7 Å². The van der Waals surface area contributed by atoms with E-state index in [1.54, 1.807) is 11.0 Å². The number of fused-ring (bicyclic) bond motifs is 1. The summed E-state index contributed by atoms with van der Waals surface area (Å²) < 4.78 is 14.6. The second-order valence-corrected chi connectivity index (χ2v) is 11.2. The SMILES string of the molecule is CN(C(=O)c1cccs1)C(Cc1ccccc1F)C1CCN(C(=O)C2NNC3CCCCC32)CC1. The minimum atomic E-state index is -0.232. The minimum absolute atomic E-state index is 0.0237. The van der Waals surface area contributed by atoms with E-state index in [0.29, 0.717) is 41.9 Å². The molecule has 1 aromatic heterocycles. The number of hydrazine groups is 1. The van der Waals surface area contributed by atoms with Gasteiger partial charge in [0, 0.05) is 38.1 Å². The predicted octanol–water partition coefficient (Wildman–Crippen LogP) is 3.84. The van der Waals surface area contributed by atoms with E-state index < -0.39 is 0 Å². The fourth-order valence-electron chi connectivity index (χ4n) is 6.22. The van der Waals surface area contributed by atoms with Gasteiger partial charge >= 0.3 is 0 Å². The summed E-state index contributed by atoms with van der Waals surface area (Å²) >= 11 is 1.43. The van der Waals surface area contributed by atoms with Crippen LogP contribution >= 0.6 is 11.3 Å². The number of likely N-dealkylation sites (tertiary alicyclic amines) is 1. The van der Waals surface area contributed by atoms with E-state index in [1.807, 2.05) is 41.6 Å². The first kappa shape index (κ1) is 24.4. The first-order chi connectivity index (χ1) is 17.0. The summed E-state index contributed by atoms with van der Waals surface area (Å²) in [6, 6.07) is 10.7. The van der Waals surface area contributed by atoms with Crippen LogP contribution in [0.25, 0.3) is 0 Å². The van der Waals surface area contributed by atoms with Gasteiger partial charge in [-0.3, -0.25) is 15.0 Å². The van der Waals surface area contributed by atoms with Crippen molar-refractivity contribution in [1.82, 2.24) is 20.7 Å². The van der Waals surface area contributed by atoms with Crippen LogP contribution in [0.5, 0.6) is 0 Å². The zero-order chi connectivity index (χ0) is 24.4. The van der Waals surface area contributed by atoms with Crippen LogP contribution in [-0.2, 0) is 11.2 Å². The average Bonchev–Trinajstić information content (AvgIpc) is 3.58. The standard InChI is InChI=1S/C27H35FN4O2S/c1-31(26(33)24-11-6-16-35-24)23(17-19-7-2-4-9-21(19)28)18-12-14-32(15-13-18)27(34)25-20-8-3-5-10-22(20)29-30-25/h2,4,6-7,9,11,16,18,20,22-23,25,29-30H,3,5,8,10,12-15,17H2,1H3. The quantitative estimate of drug-likeness (QED) is 0.635. The number of nitrogens with zero attached hydrogens (tertiary/aromatic N) is 2.